The zero-order valence-electron chi connectivity index (χ0n) is 14.2. The standard InChI is InChI=1S/C17H30BrN3/c1-6-21-14(15(18)12(2)20-21)11-17(19)9-7-13(8-10-17)16(3,4)5/h13H,6-11,19H2,1-5H3. The van der Waals surface area contributed by atoms with Gasteiger partial charge in [0, 0.05) is 18.5 Å². The number of aromatic nitrogens is 2. The molecule has 0 aliphatic heterocycles. The largest absolute Gasteiger partial charge is 0.325 e. The Morgan fingerprint density at radius 2 is 1.90 bits per heavy atom. The van der Waals surface area contributed by atoms with Crippen molar-refractivity contribution in [2.24, 2.45) is 17.1 Å². The number of halogens is 1. The van der Waals surface area contributed by atoms with E-state index >= 15 is 0 Å². The number of hydrogen-bond acceptors (Lipinski definition) is 2. The first-order valence-corrected chi connectivity index (χ1v) is 8.96. The average molecular weight is 356 g/mol. The summed E-state index contributed by atoms with van der Waals surface area (Å²) in [6.07, 6.45) is 5.66. The van der Waals surface area contributed by atoms with Crippen LogP contribution in [0.15, 0.2) is 4.47 Å². The van der Waals surface area contributed by atoms with Gasteiger partial charge in [-0.15, -0.1) is 0 Å². The van der Waals surface area contributed by atoms with Crippen molar-refractivity contribution >= 4 is 15.9 Å². The summed E-state index contributed by atoms with van der Waals surface area (Å²) in [5.74, 6) is 0.801. The minimum absolute atomic E-state index is 0.0658. The van der Waals surface area contributed by atoms with Gasteiger partial charge in [0.2, 0.25) is 0 Å². The van der Waals surface area contributed by atoms with Crippen molar-refractivity contribution in [2.75, 3.05) is 0 Å². The highest BCUT2D eigenvalue weighted by atomic mass is 79.9. The maximum Gasteiger partial charge on any atom is 0.0738 e. The molecule has 0 radical (unpaired) electrons. The van der Waals surface area contributed by atoms with Crippen LogP contribution in [0.4, 0.5) is 0 Å². The van der Waals surface area contributed by atoms with E-state index in [0.29, 0.717) is 5.41 Å². The van der Waals surface area contributed by atoms with Crippen LogP contribution in [0.1, 0.15) is 64.8 Å². The smallest absolute Gasteiger partial charge is 0.0738 e. The van der Waals surface area contributed by atoms with Crippen molar-refractivity contribution in [3.05, 3.63) is 15.9 Å². The highest BCUT2D eigenvalue weighted by Crippen LogP contribution is 2.42. The van der Waals surface area contributed by atoms with E-state index in [2.05, 4.69) is 60.3 Å². The molecule has 0 aromatic carbocycles. The zero-order valence-corrected chi connectivity index (χ0v) is 15.8. The lowest BCUT2D eigenvalue weighted by Gasteiger charge is -2.42. The molecule has 0 amide bonds. The Hall–Kier alpha value is -0.350. The SMILES string of the molecule is CCn1nc(C)c(Br)c1CC1(N)CCC(C(C)(C)C)CC1. The molecule has 1 aliphatic carbocycles. The molecule has 0 bridgehead atoms. The fraction of sp³-hybridized carbons (Fsp3) is 0.824. The van der Waals surface area contributed by atoms with Crippen molar-refractivity contribution in [2.45, 2.75) is 78.8 Å². The van der Waals surface area contributed by atoms with Crippen LogP contribution < -0.4 is 5.73 Å². The second-order valence-electron chi connectivity index (χ2n) is 7.84. The quantitative estimate of drug-likeness (QED) is 0.870. The maximum atomic E-state index is 6.74. The van der Waals surface area contributed by atoms with Crippen LogP contribution in [-0.4, -0.2) is 15.3 Å². The number of aryl methyl sites for hydroxylation is 2. The summed E-state index contributed by atoms with van der Waals surface area (Å²) in [6, 6.07) is 0. The number of rotatable bonds is 3. The van der Waals surface area contributed by atoms with Crippen LogP contribution in [-0.2, 0) is 13.0 Å². The van der Waals surface area contributed by atoms with E-state index in [4.69, 9.17) is 5.73 Å². The molecule has 2 rings (SSSR count). The van der Waals surface area contributed by atoms with Gasteiger partial charge in [0.05, 0.1) is 15.9 Å². The molecule has 0 saturated heterocycles. The molecule has 1 aromatic rings. The minimum Gasteiger partial charge on any atom is -0.325 e. The zero-order chi connectivity index (χ0) is 15.8. The van der Waals surface area contributed by atoms with E-state index in [0.717, 1.165) is 41.9 Å². The fourth-order valence-corrected chi connectivity index (χ4v) is 4.03. The topological polar surface area (TPSA) is 43.8 Å². The molecule has 1 fully saturated rings. The predicted octanol–water partition coefficient (Wildman–Crippen LogP) is 4.45. The van der Waals surface area contributed by atoms with Crippen molar-refractivity contribution in [1.82, 2.24) is 9.78 Å². The van der Waals surface area contributed by atoms with E-state index in [1.165, 1.54) is 18.5 Å². The van der Waals surface area contributed by atoms with Gasteiger partial charge in [-0.2, -0.15) is 5.10 Å². The van der Waals surface area contributed by atoms with E-state index in [1.807, 2.05) is 0 Å². The van der Waals surface area contributed by atoms with Gasteiger partial charge >= 0.3 is 0 Å². The summed E-state index contributed by atoms with van der Waals surface area (Å²) < 4.78 is 3.25. The molecule has 3 nitrogen and oxygen atoms in total. The molecule has 21 heavy (non-hydrogen) atoms. The molecule has 0 unspecified atom stereocenters. The van der Waals surface area contributed by atoms with Gasteiger partial charge in [-0.05, 0) is 66.8 Å². The summed E-state index contributed by atoms with van der Waals surface area (Å²) in [5, 5.41) is 4.59. The molecular weight excluding hydrogens is 326 g/mol. The molecule has 1 aliphatic rings. The molecule has 120 valence electrons. The second kappa shape index (κ2) is 6.04. The van der Waals surface area contributed by atoms with Crippen LogP contribution in [0.3, 0.4) is 0 Å². The average Bonchev–Trinajstić information content (AvgIpc) is 2.65. The predicted molar refractivity (Wildman–Crippen MR) is 92.4 cm³/mol. The summed E-state index contributed by atoms with van der Waals surface area (Å²) in [5.41, 5.74) is 9.42. The van der Waals surface area contributed by atoms with E-state index in [9.17, 15) is 0 Å². The summed E-state index contributed by atoms with van der Waals surface area (Å²) in [7, 11) is 0. The molecule has 1 aromatic heterocycles. The molecule has 0 spiro atoms. The van der Waals surface area contributed by atoms with Gasteiger partial charge in [0.25, 0.3) is 0 Å². The first kappa shape index (κ1) is 17.0. The second-order valence-corrected chi connectivity index (χ2v) is 8.63. The van der Waals surface area contributed by atoms with Gasteiger partial charge in [0.1, 0.15) is 0 Å². The Morgan fingerprint density at radius 1 is 1.33 bits per heavy atom. The summed E-state index contributed by atoms with van der Waals surface area (Å²) >= 11 is 3.70. The van der Waals surface area contributed by atoms with Gasteiger partial charge in [0.15, 0.2) is 0 Å². The van der Waals surface area contributed by atoms with Gasteiger partial charge in [-0.25, -0.2) is 0 Å². The van der Waals surface area contributed by atoms with Crippen molar-refractivity contribution in [3.63, 3.8) is 0 Å². The molecule has 4 heteroatoms. The van der Waals surface area contributed by atoms with Gasteiger partial charge in [-0.1, -0.05) is 20.8 Å². The van der Waals surface area contributed by atoms with Crippen molar-refractivity contribution in [1.29, 1.82) is 0 Å². The van der Waals surface area contributed by atoms with Crippen LogP contribution >= 0.6 is 15.9 Å². The Balaban J connectivity index is 2.10. The lowest BCUT2D eigenvalue weighted by atomic mass is 9.66. The normalized spacial score (nSPS) is 27.1. The van der Waals surface area contributed by atoms with Crippen LogP contribution in [0, 0.1) is 18.3 Å². The summed E-state index contributed by atoms with van der Waals surface area (Å²) in [6.45, 7) is 12.2. The summed E-state index contributed by atoms with van der Waals surface area (Å²) in [4.78, 5) is 0. The first-order chi connectivity index (χ1) is 9.66. The highest BCUT2D eigenvalue weighted by molar-refractivity contribution is 9.10. The van der Waals surface area contributed by atoms with Crippen molar-refractivity contribution < 1.29 is 0 Å². The van der Waals surface area contributed by atoms with E-state index in [1.54, 1.807) is 0 Å². The van der Waals surface area contributed by atoms with Crippen LogP contribution in [0.2, 0.25) is 0 Å². The third-order valence-corrected chi connectivity index (χ3v) is 6.21. The third-order valence-electron chi connectivity index (χ3n) is 5.18. The van der Waals surface area contributed by atoms with Gasteiger partial charge < -0.3 is 5.73 Å². The third kappa shape index (κ3) is 3.70. The first-order valence-electron chi connectivity index (χ1n) is 8.17. The Labute approximate surface area is 137 Å². The van der Waals surface area contributed by atoms with Gasteiger partial charge in [-0.3, -0.25) is 4.68 Å². The van der Waals surface area contributed by atoms with E-state index < -0.39 is 0 Å². The van der Waals surface area contributed by atoms with Crippen LogP contribution in [0.25, 0.3) is 0 Å². The fourth-order valence-electron chi connectivity index (χ4n) is 3.61. The monoisotopic (exact) mass is 355 g/mol. The molecular formula is C17H30BrN3. The molecule has 0 atom stereocenters. The Bertz CT molecular complexity index is 491. The lowest BCUT2D eigenvalue weighted by Crippen LogP contribution is -2.47. The number of nitrogens with two attached hydrogens (primary N) is 1. The van der Waals surface area contributed by atoms with Crippen molar-refractivity contribution in [3.8, 4) is 0 Å². The Morgan fingerprint density at radius 3 is 2.38 bits per heavy atom. The molecule has 1 saturated carbocycles. The van der Waals surface area contributed by atoms with E-state index in [-0.39, 0.29) is 5.54 Å². The van der Waals surface area contributed by atoms with Crippen LogP contribution in [0.5, 0.6) is 0 Å². The molecule has 1 heterocycles. The lowest BCUT2D eigenvalue weighted by molar-refractivity contribution is 0.133. The number of hydrogen-bond donors (Lipinski definition) is 1. The number of nitrogens with zero attached hydrogens (tertiary/aromatic N) is 2. The minimum atomic E-state index is -0.0658. The molecule has 2 N–H and O–H groups in total. The maximum absolute atomic E-state index is 6.74. The highest BCUT2D eigenvalue weighted by Gasteiger charge is 2.37. The Kier molecular flexibility index (Phi) is 4.89.